The summed E-state index contributed by atoms with van der Waals surface area (Å²) in [5.74, 6) is 0. The average Bonchev–Trinajstić information content (AvgIpc) is 3.08. The summed E-state index contributed by atoms with van der Waals surface area (Å²) in [7, 11) is -1.72. The molecule has 0 aliphatic heterocycles. The molecule has 0 radical (unpaired) electrons. The van der Waals surface area contributed by atoms with Crippen molar-refractivity contribution in [3.63, 3.8) is 0 Å². The molecule has 0 aromatic heterocycles. The van der Waals surface area contributed by atoms with Gasteiger partial charge in [0.1, 0.15) is 23.2 Å². The molecule has 0 amide bonds. The highest BCUT2D eigenvalue weighted by Crippen LogP contribution is 2.55. The molecule has 0 saturated heterocycles. The Balaban J connectivity index is 1.44. The number of allylic oxidation sites excluding steroid dienone is 2. The van der Waals surface area contributed by atoms with Gasteiger partial charge in [0.2, 0.25) is 0 Å². The van der Waals surface area contributed by atoms with E-state index in [0.717, 1.165) is 45.3 Å². The van der Waals surface area contributed by atoms with E-state index < -0.39 is 7.26 Å². The zero-order valence-corrected chi connectivity index (χ0v) is 28.8. The van der Waals surface area contributed by atoms with Crippen molar-refractivity contribution in [1.82, 2.24) is 0 Å². The van der Waals surface area contributed by atoms with Crippen LogP contribution < -0.4 is 15.9 Å². The van der Waals surface area contributed by atoms with Crippen LogP contribution in [0.4, 0.5) is 0 Å². The lowest BCUT2D eigenvalue weighted by Crippen LogP contribution is -2.33. The van der Waals surface area contributed by atoms with Crippen LogP contribution in [0, 0.1) is 0 Å². The van der Waals surface area contributed by atoms with Crippen LogP contribution in [-0.4, -0.2) is 25.7 Å². The normalized spacial score (nSPS) is 12.0. The maximum absolute atomic E-state index is 6.16. The molecule has 0 bridgehead atoms. The molecule has 0 fully saturated rings. The summed E-state index contributed by atoms with van der Waals surface area (Å²) in [5.41, 5.74) is 0. The van der Waals surface area contributed by atoms with Crippen molar-refractivity contribution in [3.05, 3.63) is 103 Å². The Morgan fingerprint density at radius 3 is 1.39 bits per heavy atom. The van der Waals surface area contributed by atoms with E-state index >= 15 is 0 Å². The van der Waals surface area contributed by atoms with Gasteiger partial charge in [-0.3, -0.25) is 0 Å². The molecule has 0 heterocycles. The predicted octanol–water partition coefficient (Wildman–Crippen LogP) is 10.8. The number of ether oxygens (including phenoxy) is 2. The van der Waals surface area contributed by atoms with Gasteiger partial charge in [0, 0.05) is 13.2 Å². The minimum absolute atomic E-state index is 0.0174. The van der Waals surface area contributed by atoms with E-state index in [1.165, 1.54) is 86.3 Å². The van der Waals surface area contributed by atoms with Gasteiger partial charge >= 0.3 is 0 Å². The molecule has 240 valence electrons. The second kappa shape index (κ2) is 23.1. The smallest absolute Gasteiger partial charge is 0.157 e. The van der Waals surface area contributed by atoms with Gasteiger partial charge in [0.15, 0.2) is 6.29 Å². The second-order valence-electron chi connectivity index (χ2n) is 12.1. The highest BCUT2D eigenvalue weighted by atomic mass is 31.2. The summed E-state index contributed by atoms with van der Waals surface area (Å²) >= 11 is 0. The fraction of sp³-hybridized carbons (Fsp3) is 0.512. The van der Waals surface area contributed by atoms with Crippen molar-refractivity contribution in [3.8, 4) is 0 Å². The summed E-state index contributed by atoms with van der Waals surface area (Å²) in [4.78, 5) is 0. The number of benzene rings is 3. The molecule has 0 aliphatic carbocycles. The van der Waals surface area contributed by atoms with Crippen LogP contribution >= 0.6 is 7.26 Å². The minimum Gasteiger partial charge on any atom is -0.353 e. The Hall–Kier alpha value is -2.25. The first-order valence-corrected chi connectivity index (χ1v) is 19.7. The van der Waals surface area contributed by atoms with Crippen molar-refractivity contribution in [2.45, 2.75) is 116 Å². The zero-order chi connectivity index (χ0) is 31.0. The van der Waals surface area contributed by atoms with E-state index in [1.54, 1.807) is 0 Å². The number of rotatable bonds is 25. The van der Waals surface area contributed by atoms with E-state index in [0.29, 0.717) is 0 Å². The van der Waals surface area contributed by atoms with Crippen molar-refractivity contribution in [1.29, 1.82) is 0 Å². The van der Waals surface area contributed by atoms with Crippen LogP contribution in [0.1, 0.15) is 110 Å². The van der Waals surface area contributed by atoms with Crippen LogP contribution in [0.2, 0.25) is 0 Å². The lowest BCUT2D eigenvalue weighted by Gasteiger charge is -2.27. The number of hydrogen-bond donors (Lipinski definition) is 0. The van der Waals surface area contributed by atoms with Gasteiger partial charge in [-0.25, -0.2) is 0 Å². The Labute approximate surface area is 271 Å². The van der Waals surface area contributed by atoms with Gasteiger partial charge in [-0.05, 0) is 87.8 Å². The molecule has 0 aliphatic rings. The Kier molecular flexibility index (Phi) is 19.0. The third kappa shape index (κ3) is 13.0. The minimum atomic E-state index is -1.72. The first-order chi connectivity index (χ1) is 21.8. The SMILES string of the molecule is CCCCCCOC(CCCCC/C=C\CCC[P+](c1ccccc1)(c1ccccc1)c1ccccc1)OCCCCCC. The molecule has 44 heavy (non-hydrogen) atoms. The van der Waals surface area contributed by atoms with E-state index in [1.807, 2.05) is 0 Å². The third-order valence-electron chi connectivity index (χ3n) is 8.54. The van der Waals surface area contributed by atoms with Crippen molar-refractivity contribution in [2.75, 3.05) is 19.4 Å². The molecular weight excluding hydrogens is 555 g/mol. The van der Waals surface area contributed by atoms with Crippen molar-refractivity contribution < 1.29 is 9.47 Å². The van der Waals surface area contributed by atoms with Crippen LogP contribution in [0.5, 0.6) is 0 Å². The topological polar surface area (TPSA) is 18.5 Å². The van der Waals surface area contributed by atoms with Crippen LogP contribution in [0.3, 0.4) is 0 Å². The van der Waals surface area contributed by atoms with Gasteiger partial charge in [-0.1, -0.05) is 126 Å². The first kappa shape index (κ1) is 36.2. The molecule has 0 spiro atoms. The van der Waals surface area contributed by atoms with Crippen molar-refractivity contribution in [2.24, 2.45) is 0 Å². The summed E-state index contributed by atoms with van der Waals surface area (Å²) < 4.78 is 12.3. The largest absolute Gasteiger partial charge is 0.353 e. The van der Waals surface area contributed by atoms with Gasteiger partial charge in [-0.15, -0.1) is 0 Å². The molecule has 0 unspecified atom stereocenters. The predicted molar refractivity (Wildman–Crippen MR) is 195 cm³/mol. The molecule has 3 heteroatoms. The summed E-state index contributed by atoms with van der Waals surface area (Å²) in [6.07, 6.45) is 24.2. The quantitative estimate of drug-likeness (QED) is 0.0409. The Bertz CT molecular complexity index is 989. The van der Waals surface area contributed by atoms with Crippen LogP contribution in [0.15, 0.2) is 103 Å². The maximum atomic E-state index is 6.16. The van der Waals surface area contributed by atoms with E-state index in [4.69, 9.17) is 9.47 Å². The Morgan fingerprint density at radius 2 is 0.932 bits per heavy atom. The van der Waals surface area contributed by atoms with Crippen molar-refractivity contribution >= 4 is 23.2 Å². The van der Waals surface area contributed by atoms with Gasteiger partial charge in [0.05, 0.1) is 6.16 Å². The lowest BCUT2D eigenvalue weighted by molar-refractivity contribution is -0.148. The number of unbranched alkanes of at least 4 members (excludes halogenated alkanes) is 10. The zero-order valence-electron chi connectivity index (χ0n) is 27.9. The molecule has 0 atom stereocenters. The van der Waals surface area contributed by atoms with E-state index in [-0.39, 0.29) is 6.29 Å². The van der Waals surface area contributed by atoms with E-state index in [2.05, 4.69) is 117 Å². The molecule has 0 N–H and O–H groups in total. The monoisotopic (exact) mass is 615 g/mol. The molecule has 3 rings (SSSR count). The van der Waals surface area contributed by atoms with E-state index in [9.17, 15) is 0 Å². The molecule has 0 saturated carbocycles. The van der Waals surface area contributed by atoms with Gasteiger partial charge < -0.3 is 9.47 Å². The standard InChI is InChI=1S/C41H60O2P/c1-3-5-7-25-35-42-41(43-36-26-8-6-4-2)34-24-13-11-9-10-12-14-27-37-44(38-28-18-15-19-29-38,39-30-20-16-21-31-39)40-32-22-17-23-33-40/h10,12,15-23,28-33,41H,3-9,11,13-14,24-27,34-37H2,1-2H3/q+1/b12-10-. The average molecular weight is 616 g/mol. The molecule has 3 aromatic rings. The summed E-state index contributed by atoms with van der Waals surface area (Å²) in [6.45, 7) is 6.19. The van der Waals surface area contributed by atoms with Gasteiger partial charge in [-0.2, -0.15) is 0 Å². The fourth-order valence-electron chi connectivity index (χ4n) is 6.02. The summed E-state index contributed by atoms with van der Waals surface area (Å²) in [5, 5.41) is 4.44. The fourth-order valence-corrected chi connectivity index (χ4v) is 10.4. The highest BCUT2D eigenvalue weighted by Gasteiger charge is 2.44. The highest BCUT2D eigenvalue weighted by molar-refractivity contribution is 7.95. The van der Waals surface area contributed by atoms with Crippen LogP contribution in [0.25, 0.3) is 0 Å². The number of hydrogen-bond acceptors (Lipinski definition) is 2. The molecular formula is C41H60O2P+. The molecule has 2 nitrogen and oxygen atoms in total. The lowest BCUT2D eigenvalue weighted by atomic mass is 10.1. The first-order valence-electron chi connectivity index (χ1n) is 17.7. The maximum Gasteiger partial charge on any atom is 0.157 e. The second-order valence-corrected chi connectivity index (χ2v) is 15.7. The summed E-state index contributed by atoms with van der Waals surface area (Å²) in [6, 6.07) is 33.8. The van der Waals surface area contributed by atoms with Gasteiger partial charge in [0.25, 0.3) is 0 Å². The molecule has 3 aromatic carbocycles. The Morgan fingerprint density at radius 1 is 0.500 bits per heavy atom. The van der Waals surface area contributed by atoms with Crippen LogP contribution in [-0.2, 0) is 9.47 Å². The third-order valence-corrected chi connectivity index (χ3v) is 13.1.